The smallest absolute Gasteiger partial charge is 0.269 e. The summed E-state index contributed by atoms with van der Waals surface area (Å²) in [6.45, 7) is 2.11. The largest absolute Gasteiger partial charge is 0.348 e. The van der Waals surface area contributed by atoms with E-state index in [0.717, 1.165) is 55.5 Å². The first kappa shape index (κ1) is 19.3. The fourth-order valence-electron chi connectivity index (χ4n) is 3.98. The quantitative estimate of drug-likeness (QED) is 0.695. The summed E-state index contributed by atoms with van der Waals surface area (Å²) in [5.74, 6) is -0.0326. The molecule has 1 amide bonds. The monoisotopic (exact) mass is 393 g/mol. The van der Waals surface area contributed by atoms with Crippen LogP contribution in [0.3, 0.4) is 0 Å². The van der Waals surface area contributed by atoms with Crippen LogP contribution < -0.4 is 5.32 Å². The first-order valence-electron chi connectivity index (χ1n) is 10.3. The summed E-state index contributed by atoms with van der Waals surface area (Å²) >= 11 is 0. The van der Waals surface area contributed by atoms with Crippen molar-refractivity contribution < 1.29 is 4.79 Å². The molecule has 0 unspecified atom stereocenters. The number of aryl methyl sites for hydroxylation is 2. The van der Waals surface area contributed by atoms with Gasteiger partial charge in [0.1, 0.15) is 5.69 Å². The topological polar surface area (TPSA) is 90.5 Å². The summed E-state index contributed by atoms with van der Waals surface area (Å²) in [5.41, 5.74) is 3.42. The molecule has 3 heterocycles. The second-order valence-electron chi connectivity index (χ2n) is 7.67. The minimum absolute atomic E-state index is 0.0326. The maximum atomic E-state index is 12.7. The Hall–Kier alpha value is -3.03. The predicted molar refractivity (Wildman–Crippen MR) is 109 cm³/mol. The van der Waals surface area contributed by atoms with Crippen molar-refractivity contribution in [2.75, 3.05) is 0 Å². The molecule has 3 aromatic heterocycles. The van der Waals surface area contributed by atoms with E-state index < -0.39 is 0 Å². The molecule has 152 valence electrons. The van der Waals surface area contributed by atoms with Crippen LogP contribution in [0.2, 0.25) is 0 Å². The molecule has 0 aromatic carbocycles. The summed E-state index contributed by atoms with van der Waals surface area (Å²) in [4.78, 5) is 21.1. The molecule has 1 N–H and O–H groups in total. The van der Waals surface area contributed by atoms with E-state index in [-0.39, 0.29) is 11.9 Å². The molecule has 0 atom stereocenters. The SMILES string of the molecule is CCCc1cc(C(=O)NC2CCC(n3cc(-c4cnccn4)cn3)CC2)n(C)n1. The molecular weight excluding hydrogens is 366 g/mol. The Morgan fingerprint density at radius 2 is 2.03 bits per heavy atom. The molecule has 0 bridgehead atoms. The Balaban J connectivity index is 1.33. The summed E-state index contributed by atoms with van der Waals surface area (Å²) in [5, 5.41) is 12.1. The molecule has 3 aromatic rings. The van der Waals surface area contributed by atoms with E-state index >= 15 is 0 Å². The van der Waals surface area contributed by atoms with Crippen molar-refractivity contribution in [3.05, 3.63) is 48.4 Å². The van der Waals surface area contributed by atoms with Crippen LogP contribution in [0.5, 0.6) is 0 Å². The summed E-state index contributed by atoms with van der Waals surface area (Å²) in [6.07, 6.45) is 14.8. The molecule has 1 fully saturated rings. The average molecular weight is 393 g/mol. The summed E-state index contributed by atoms with van der Waals surface area (Å²) in [6, 6.07) is 2.45. The Morgan fingerprint density at radius 3 is 2.76 bits per heavy atom. The number of hydrogen-bond acceptors (Lipinski definition) is 5. The molecular formula is C21H27N7O. The van der Waals surface area contributed by atoms with Crippen LogP contribution in [0.25, 0.3) is 11.3 Å². The number of nitrogens with zero attached hydrogens (tertiary/aromatic N) is 6. The summed E-state index contributed by atoms with van der Waals surface area (Å²) in [7, 11) is 1.83. The standard InChI is InChI=1S/C21H27N7O/c1-3-4-17-11-20(27(2)26-17)21(29)25-16-5-7-18(8-6-16)28-14-15(12-24-28)19-13-22-9-10-23-19/h9-14,16,18H,3-8H2,1-2H3,(H,25,29). The van der Waals surface area contributed by atoms with Crippen molar-refractivity contribution in [2.24, 2.45) is 7.05 Å². The van der Waals surface area contributed by atoms with Crippen LogP contribution in [-0.4, -0.2) is 41.5 Å². The molecule has 0 saturated heterocycles. The highest BCUT2D eigenvalue weighted by atomic mass is 16.2. The number of carbonyl (C=O) groups excluding carboxylic acids is 1. The second-order valence-corrected chi connectivity index (χ2v) is 7.67. The zero-order valence-electron chi connectivity index (χ0n) is 17.0. The van der Waals surface area contributed by atoms with Gasteiger partial charge in [-0.3, -0.25) is 24.1 Å². The van der Waals surface area contributed by atoms with E-state index in [0.29, 0.717) is 11.7 Å². The molecule has 8 nitrogen and oxygen atoms in total. The third kappa shape index (κ3) is 4.36. The van der Waals surface area contributed by atoms with Gasteiger partial charge in [0.25, 0.3) is 5.91 Å². The highest BCUT2D eigenvalue weighted by molar-refractivity contribution is 5.92. The highest BCUT2D eigenvalue weighted by Gasteiger charge is 2.25. The lowest BCUT2D eigenvalue weighted by Gasteiger charge is -2.29. The van der Waals surface area contributed by atoms with Gasteiger partial charge in [0.2, 0.25) is 0 Å². The van der Waals surface area contributed by atoms with E-state index in [1.54, 1.807) is 23.3 Å². The van der Waals surface area contributed by atoms with Gasteiger partial charge in [-0.1, -0.05) is 13.3 Å². The van der Waals surface area contributed by atoms with Gasteiger partial charge in [0, 0.05) is 37.2 Å². The average Bonchev–Trinajstić information content (AvgIpc) is 3.37. The first-order valence-corrected chi connectivity index (χ1v) is 10.3. The Labute approximate surface area is 170 Å². The summed E-state index contributed by atoms with van der Waals surface area (Å²) < 4.78 is 3.71. The van der Waals surface area contributed by atoms with Crippen molar-refractivity contribution in [2.45, 2.75) is 57.5 Å². The van der Waals surface area contributed by atoms with E-state index in [2.05, 4.69) is 32.4 Å². The number of aromatic nitrogens is 6. The van der Waals surface area contributed by atoms with Gasteiger partial charge in [-0.25, -0.2) is 0 Å². The lowest BCUT2D eigenvalue weighted by Crippen LogP contribution is -2.38. The van der Waals surface area contributed by atoms with Crippen LogP contribution in [0.4, 0.5) is 0 Å². The molecule has 4 rings (SSSR count). The van der Waals surface area contributed by atoms with Crippen LogP contribution >= 0.6 is 0 Å². The van der Waals surface area contributed by atoms with Crippen LogP contribution in [0, 0.1) is 0 Å². The number of nitrogens with one attached hydrogen (secondary N) is 1. The zero-order chi connectivity index (χ0) is 20.2. The Kier molecular flexibility index (Phi) is 5.69. The molecule has 0 spiro atoms. The Morgan fingerprint density at radius 1 is 1.21 bits per heavy atom. The molecule has 8 heteroatoms. The van der Waals surface area contributed by atoms with Crippen molar-refractivity contribution in [3.8, 4) is 11.3 Å². The van der Waals surface area contributed by atoms with Crippen molar-refractivity contribution >= 4 is 5.91 Å². The number of rotatable bonds is 6. The van der Waals surface area contributed by atoms with Gasteiger partial charge in [-0.05, 0) is 38.2 Å². The van der Waals surface area contributed by atoms with Crippen LogP contribution in [-0.2, 0) is 13.5 Å². The van der Waals surface area contributed by atoms with Crippen molar-refractivity contribution in [1.29, 1.82) is 0 Å². The van der Waals surface area contributed by atoms with Gasteiger partial charge in [0.05, 0.1) is 29.8 Å². The second kappa shape index (κ2) is 8.55. The van der Waals surface area contributed by atoms with Gasteiger partial charge >= 0.3 is 0 Å². The molecule has 0 radical (unpaired) electrons. The molecule has 29 heavy (non-hydrogen) atoms. The van der Waals surface area contributed by atoms with Gasteiger partial charge in [0.15, 0.2) is 0 Å². The van der Waals surface area contributed by atoms with Crippen molar-refractivity contribution in [3.63, 3.8) is 0 Å². The van der Waals surface area contributed by atoms with E-state index in [4.69, 9.17) is 0 Å². The minimum atomic E-state index is -0.0326. The maximum absolute atomic E-state index is 12.7. The van der Waals surface area contributed by atoms with Crippen molar-refractivity contribution in [1.82, 2.24) is 34.8 Å². The third-order valence-electron chi connectivity index (χ3n) is 5.54. The molecule has 1 saturated carbocycles. The van der Waals surface area contributed by atoms with Gasteiger partial charge in [-0.2, -0.15) is 10.2 Å². The molecule has 0 aliphatic heterocycles. The van der Waals surface area contributed by atoms with Gasteiger partial charge in [-0.15, -0.1) is 0 Å². The van der Waals surface area contributed by atoms with E-state index in [9.17, 15) is 4.79 Å². The fraction of sp³-hybridized carbons (Fsp3) is 0.476. The van der Waals surface area contributed by atoms with Crippen LogP contribution in [0.15, 0.2) is 37.1 Å². The predicted octanol–water partition coefficient (Wildman–Crippen LogP) is 2.94. The minimum Gasteiger partial charge on any atom is -0.348 e. The normalized spacial score (nSPS) is 19.2. The number of hydrogen-bond donors (Lipinski definition) is 1. The Bertz CT molecular complexity index is 955. The van der Waals surface area contributed by atoms with Crippen LogP contribution in [0.1, 0.15) is 61.3 Å². The number of amides is 1. The molecule has 1 aliphatic carbocycles. The van der Waals surface area contributed by atoms with Gasteiger partial charge < -0.3 is 5.32 Å². The molecule has 1 aliphatic rings. The first-order chi connectivity index (χ1) is 14.1. The zero-order valence-corrected chi connectivity index (χ0v) is 17.0. The van der Waals surface area contributed by atoms with E-state index in [1.165, 1.54) is 0 Å². The number of carbonyl (C=O) groups is 1. The lowest BCUT2D eigenvalue weighted by molar-refractivity contribution is 0.0912. The van der Waals surface area contributed by atoms with E-state index in [1.807, 2.05) is 30.2 Å². The fourth-order valence-corrected chi connectivity index (χ4v) is 3.98. The third-order valence-corrected chi connectivity index (χ3v) is 5.54. The lowest BCUT2D eigenvalue weighted by atomic mass is 9.91. The maximum Gasteiger partial charge on any atom is 0.269 e. The highest BCUT2D eigenvalue weighted by Crippen LogP contribution is 2.29.